The van der Waals surface area contributed by atoms with Crippen molar-refractivity contribution in [3.8, 4) is 6.19 Å². The second-order valence-electron chi connectivity index (χ2n) is 1.71. The summed E-state index contributed by atoms with van der Waals surface area (Å²) in [5, 5.41) is 8.09. The van der Waals surface area contributed by atoms with Gasteiger partial charge in [-0.25, -0.2) is 0 Å². The van der Waals surface area contributed by atoms with Gasteiger partial charge in [-0.05, 0) is 24.3 Å². The number of aliphatic imine (C=N–C) groups is 1. The molecular formula is C7H4N2O. The van der Waals surface area contributed by atoms with Crippen molar-refractivity contribution < 1.29 is 4.79 Å². The van der Waals surface area contributed by atoms with E-state index in [0.717, 1.165) is 0 Å². The zero-order valence-electron chi connectivity index (χ0n) is 5.11. The molecule has 0 heterocycles. The van der Waals surface area contributed by atoms with Gasteiger partial charge in [-0.15, -0.1) is 0 Å². The molecule has 0 aliphatic heterocycles. The van der Waals surface area contributed by atoms with E-state index in [1.54, 1.807) is 6.19 Å². The summed E-state index contributed by atoms with van der Waals surface area (Å²) >= 11 is 0. The van der Waals surface area contributed by atoms with E-state index in [9.17, 15) is 4.79 Å². The maximum Gasteiger partial charge on any atom is 0.206 e. The van der Waals surface area contributed by atoms with Gasteiger partial charge in [-0.1, -0.05) is 0 Å². The third-order valence-corrected chi connectivity index (χ3v) is 1.02. The fraction of sp³-hybridized carbons (Fsp3) is 0. The molecule has 10 heavy (non-hydrogen) atoms. The molecule has 0 unspecified atom stereocenters. The van der Waals surface area contributed by atoms with Gasteiger partial charge >= 0.3 is 0 Å². The number of hydrogen-bond donors (Lipinski definition) is 0. The van der Waals surface area contributed by atoms with Crippen molar-refractivity contribution in [1.82, 2.24) is 0 Å². The van der Waals surface area contributed by atoms with Crippen LogP contribution in [0.3, 0.4) is 0 Å². The molecule has 1 rings (SSSR count). The fourth-order valence-electron chi connectivity index (χ4n) is 0.578. The molecule has 0 aromatic heterocycles. The molecule has 0 saturated heterocycles. The van der Waals surface area contributed by atoms with E-state index in [1.807, 2.05) is 0 Å². The smallest absolute Gasteiger partial charge is 0.206 e. The second-order valence-corrected chi connectivity index (χ2v) is 1.71. The summed E-state index contributed by atoms with van der Waals surface area (Å²) in [5.74, 6) is -0.0723. The Kier molecular flexibility index (Phi) is 1.76. The van der Waals surface area contributed by atoms with Crippen LogP contribution < -0.4 is 0 Å². The predicted molar refractivity (Wildman–Crippen MR) is 36.3 cm³/mol. The molecule has 0 aromatic rings. The SMILES string of the molecule is N#CN=C1C=CC(=O)C=C1. The first-order valence-corrected chi connectivity index (χ1v) is 2.70. The van der Waals surface area contributed by atoms with Crippen LogP contribution in [0.2, 0.25) is 0 Å². The molecule has 0 fully saturated rings. The zero-order chi connectivity index (χ0) is 7.40. The third kappa shape index (κ3) is 1.39. The summed E-state index contributed by atoms with van der Waals surface area (Å²) < 4.78 is 0. The number of ketones is 1. The number of hydrogen-bond acceptors (Lipinski definition) is 3. The summed E-state index contributed by atoms with van der Waals surface area (Å²) in [4.78, 5) is 13.9. The molecule has 1 aliphatic rings. The predicted octanol–water partition coefficient (Wildman–Crippen LogP) is 0.604. The van der Waals surface area contributed by atoms with Crippen LogP contribution in [0, 0.1) is 11.5 Å². The Balaban J connectivity index is 2.83. The maximum atomic E-state index is 10.5. The largest absolute Gasteiger partial charge is 0.290 e. The summed E-state index contributed by atoms with van der Waals surface area (Å²) in [6.45, 7) is 0. The van der Waals surface area contributed by atoms with Crippen LogP contribution in [-0.2, 0) is 4.79 Å². The van der Waals surface area contributed by atoms with Gasteiger partial charge in [-0.2, -0.15) is 10.3 Å². The molecule has 0 N–H and O–H groups in total. The summed E-state index contributed by atoms with van der Waals surface area (Å²) in [7, 11) is 0. The normalized spacial score (nSPS) is 15.1. The molecule has 0 atom stereocenters. The van der Waals surface area contributed by atoms with Crippen molar-refractivity contribution in [2.45, 2.75) is 0 Å². The first-order valence-electron chi connectivity index (χ1n) is 2.70. The highest BCUT2D eigenvalue weighted by atomic mass is 16.1. The Bertz CT molecular complexity index is 260. The number of rotatable bonds is 0. The number of carbonyl (C=O) groups is 1. The van der Waals surface area contributed by atoms with E-state index in [4.69, 9.17) is 5.26 Å². The van der Waals surface area contributed by atoms with E-state index < -0.39 is 0 Å². The van der Waals surface area contributed by atoms with Crippen LogP contribution >= 0.6 is 0 Å². The van der Waals surface area contributed by atoms with Gasteiger partial charge in [0.15, 0.2) is 5.78 Å². The van der Waals surface area contributed by atoms with Gasteiger partial charge in [0.1, 0.15) is 0 Å². The summed E-state index contributed by atoms with van der Waals surface area (Å²) in [6.07, 6.45) is 7.38. The molecule has 0 amide bonds. The van der Waals surface area contributed by atoms with E-state index in [0.29, 0.717) is 5.71 Å². The number of nitriles is 1. The Morgan fingerprint density at radius 2 is 1.90 bits per heavy atom. The van der Waals surface area contributed by atoms with Gasteiger partial charge in [-0.3, -0.25) is 4.79 Å². The minimum Gasteiger partial charge on any atom is -0.290 e. The van der Waals surface area contributed by atoms with Crippen LogP contribution in [0.25, 0.3) is 0 Å². The highest BCUT2D eigenvalue weighted by Crippen LogP contribution is 1.94. The molecule has 3 nitrogen and oxygen atoms in total. The van der Waals surface area contributed by atoms with Gasteiger partial charge < -0.3 is 0 Å². The zero-order valence-corrected chi connectivity index (χ0v) is 5.11. The highest BCUT2D eigenvalue weighted by Gasteiger charge is 1.97. The van der Waals surface area contributed by atoms with Gasteiger partial charge in [0, 0.05) is 0 Å². The molecule has 48 valence electrons. The van der Waals surface area contributed by atoms with Gasteiger partial charge in [0.25, 0.3) is 0 Å². The van der Waals surface area contributed by atoms with Crippen LogP contribution in [0.5, 0.6) is 0 Å². The number of nitrogens with zero attached hydrogens (tertiary/aromatic N) is 2. The van der Waals surface area contributed by atoms with Crippen LogP contribution in [-0.4, -0.2) is 11.5 Å². The van der Waals surface area contributed by atoms with E-state index in [1.165, 1.54) is 24.3 Å². The van der Waals surface area contributed by atoms with Gasteiger partial charge in [0.05, 0.1) is 5.71 Å². The second kappa shape index (κ2) is 2.74. The highest BCUT2D eigenvalue weighted by molar-refractivity contribution is 6.16. The van der Waals surface area contributed by atoms with Crippen molar-refractivity contribution in [2.24, 2.45) is 4.99 Å². The van der Waals surface area contributed by atoms with Crippen molar-refractivity contribution >= 4 is 11.5 Å². The third-order valence-electron chi connectivity index (χ3n) is 1.02. The van der Waals surface area contributed by atoms with Crippen LogP contribution in [0.1, 0.15) is 0 Å². The molecule has 1 aliphatic carbocycles. The standard InChI is InChI=1S/C7H4N2O/c8-5-9-6-1-3-7(10)4-2-6/h1-4H. The number of carbonyl (C=O) groups excluding carboxylic acids is 1. The van der Waals surface area contributed by atoms with E-state index in [2.05, 4.69) is 4.99 Å². The average molecular weight is 132 g/mol. The lowest BCUT2D eigenvalue weighted by Gasteiger charge is -1.92. The van der Waals surface area contributed by atoms with Crippen LogP contribution in [0.15, 0.2) is 29.3 Å². The monoisotopic (exact) mass is 132 g/mol. The number of allylic oxidation sites excluding steroid dienone is 4. The first kappa shape index (κ1) is 6.43. The van der Waals surface area contributed by atoms with E-state index in [-0.39, 0.29) is 5.78 Å². The summed E-state index contributed by atoms with van der Waals surface area (Å²) in [6, 6.07) is 0. The molecule has 0 saturated carbocycles. The van der Waals surface area contributed by atoms with Crippen LogP contribution in [0.4, 0.5) is 0 Å². The lowest BCUT2D eigenvalue weighted by molar-refractivity contribution is -0.110. The van der Waals surface area contributed by atoms with Crippen molar-refractivity contribution in [2.75, 3.05) is 0 Å². The maximum absolute atomic E-state index is 10.5. The topological polar surface area (TPSA) is 53.2 Å². The lowest BCUT2D eigenvalue weighted by atomic mass is 10.2. The average Bonchev–Trinajstić information content (AvgIpc) is 1.95. The first-order chi connectivity index (χ1) is 4.83. The van der Waals surface area contributed by atoms with Crippen molar-refractivity contribution in [1.29, 1.82) is 5.26 Å². The molecular weight excluding hydrogens is 128 g/mol. The molecule has 0 aromatic carbocycles. The van der Waals surface area contributed by atoms with Crippen molar-refractivity contribution in [3.63, 3.8) is 0 Å². The Morgan fingerprint density at radius 1 is 1.30 bits per heavy atom. The Morgan fingerprint density at radius 3 is 2.40 bits per heavy atom. The minimum atomic E-state index is -0.0723. The minimum absolute atomic E-state index is 0.0723. The van der Waals surface area contributed by atoms with Gasteiger partial charge in [0.2, 0.25) is 6.19 Å². The molecule has 0 radical (unpaired) electrons. The fourth-order valence-corrected chi connectivity index (χ4v) is 0.578. The Hall–Kier alpha value is -1.69. The molecule has 3 heteroatoms. The quantitative estimate of drug-likeness (QED) is 0.358. The van der Waals surface area contributed by atoms with E-state index >= 15 is 0 Å². The molecule has 0 spiro atoms. The lowest BCUT2D eigenvalue weighted by Crippen LogP contribution is -1.97. The summed E-state index contributed by atoms with van der Waals surface area (Å²) in [5.41, 5.74) is 0.516. The molecule has 0 bridgehead atoms. The Labute approximate surface area is 58.0 Å². The van der Waals surface area contributed by atoms with Crippen molar-refractivity contribution in [3.05, 3.63) is 24.3 Å².